The summed E-state index contributed by atoms with van der Waals surface area (Å²) < 4.78 is 42.2. The number of sulfonamides is 1. The second-order valence-corrected chi connectivity index (χ2v) is 7.19. The molecule has 0 aliphatic carbocycles. The summed E-state index contributed by atoms with van der Waals surface area (Å²) in [5.41, 5.74) is 0.314. The van der Waals surface area contributed by atoms with Crippen molar-refractivity contribution in [3.05, 3.63) is 47.5 Å². The van der Waals surface area contributed by atoms with Gasteiger partial charge in [0.2, 0.25) is 0 Å². The summed E-state index contributed by atoms with van der Waals surface area (Å²) >= 11 is 6.00. The smallest absolute Gasteiger partial charge is 0.308 e. The van der Waals surface area contributed by atoms with Gasteiger partial charge < -0.3 is 14.2 Å². The molecule has 0 spiro atoms. The van der Waals surface area contributed by atoms with E-state index < -0.39 is 10.0 Å². The predicted molar refractivity (Wildman–Crippen MR) is 97.4 cm³/mol. The fraction of sp³-hybridized carbons (Fsp3) is 0.235. The van der Waals surface area contributed by atoms with Crippen molar-refractivity contribution in [3.8, 4) is 11.5 Å². The summed E-state index contributed by atoms with van der Waals surface area (Å²) in [6, 6.07) is 10.4. The number of anilines is 1. The molecule has 0 radical (unpaired) electrons. The molecule has 0 bridgehead atoms. The van der Waals surface area contributed by atoms with Crippen LogP contribution in [0.3, 0.4) is 0 Å². The Balaban J connectivity index is 2.04. The van der Waals surface area contributed by atoms with Gasteiger partial charge in [0.05, 0.1) is 42.9 Å². The zero-order valence-corrected chi connectivity index (χ0v) is 15.8. The molecule has 2 aromatic rings. The molecule has 0 saturated heterocycles. The van der Waals surface area contributed by atoms with Gasteiger partial charge in [0.25, 0.3) is 10.0 Å². The van der Waals surface area contributed by atoms with Crippen molar-refractivity contribution in [1.29, 1.82) is 0 Å². The second-order valence-electron chi connectivity index (χ2n) is 5.10. The van der Waals surface area contributed by atoms with Gasteiger partial charge in [-0.2, -0.15) is 0 Å². The van der Waals surface area contributed by atoms with Crippen molar-refractivity contribution in [2.45, 2.75) is 11.3 Å². The molecule has 140 valence electrons. The van der Waals surface area contributed by atoms with E-state index in [4.69, 9.17) is 21.1 Å². The van der Waals surface area contributed by atoms with E-state index in [1.807, 2.05) is 0 Å². The van der Waals surface area contributed by atoms with E-state index in [2.05, 4.69) is 9.46 Å². The minimum absolute atomic E-state index is 0.0600. The zero-order chi connectivity index (χ0) is 19.2. The molecule has 7 nitrogen and oxygen atoms in total. The maximum atomic E-state index is 12.4. The number of nitrogens with one attached hydrogen (secondary N) is 1. The number of halogens is 1. The highest BCUT2D eigenvalue weighted by molar-refractivity contribution is 7.92. The predicted octanol–water partition coefficient (Wildman–Crippen LogP) is 3.09. The van der Waals surface area contributed by atoms with Crippen molar-refractivity contribution in [2.75, 3.05) is 25.5 Å². The van der Waals surface area contributed by atoms with Gasteiger partial charge in [0, 0.05) is 0 Å². The molecule has 0 aliphatic rings. The lowest BCUT2D eigenvalue weighted by Crippen LogP contribution is -2.13. The first kappa shape index (κ1) is 19.9. The first-order valence-electron chi connectivity index (χ1n) is 7.52. The van der Waals surface area contributed by atoms with Crippen LogP contribution in [0.25, 0.3) is 0 Å². The third kappa shape index (κ3) is 5.27. The highest BCUT2D eigenvalue weighted by atomic mass is 35.5. The topological polar surface area (TPSA) is 90.9 Å². The molecule has 1 N–H and O–H groups in total. The van der Waals surface area contributed by atoms with Crippen LogP contribution in [-0.4, -0.2) is 35.2 Å². The number of ether oxygens (including phenoxy) is 3. The van der Waals surface area contributed by atoms with E-state index in [-0.39, 0.29) is 23.9 Å². The summed E-state index contributed by atoms with van der Waals surface area (Å²) in [6.07, 6.45) is 0.107. The van der Waals surface area contributed by atoms with Crippen molar-refractivity contribution in [3.63, 3.8) is 0 Å². The number of rotatable bonds is 8. The van der Waals surface area contributed by atoms with Crippen molar-refractivity contribution in [1.82, 2.24) is 0 Å². The SMILES string of the molecule is COC(=O)CCOc1ccc(S(=O)(=O)Nc2ccc(OC)c(Cl)c2)cc1. The van der Waals surface area contributed by atoms with Gasteiger partial charge in [-0.3, -0.25) is 9.52 Å². The Hall–Kier alpha value is -2.45. The Kier molecular flexibility index (Phi) is 6.70. The Labute approximate surface area is 156 Å². The van der Waals surface area contributed by atoms with E-state index in [0.717, 1.165) is 0 Å². The van der Waals surface area contributed by atoms with E-state index in [1.165, 1.54) is 44.6 Å². The Bertz CT molecular complexity index is 867. The molecule has 2 aromatic carbocycles. The molecule has 9 heteroatoms. The molecule has 0 aromatic heterocycles. The largest absolute Gasteiger partial charge is 0.495 e. The molecule has 26 heavy (non-hydrogen) atoms. The molecule has 0 saturated carbocycles. The van der Waals surface area contributed by atoms with Crippen LogP contribution in [0.1, 0.15) is 6.42 Å². The summed E-state index contributed by atoms with van der Waals surface area (Å²) in [6.45, 7) is 0.140. The van der Waals surface area contributed by atoms with Crippen LogP contribution in [0, 0.1) is 0 Å². The molecular weight excluding hydrogens is 382 g/mol. The number of esters is 1. The van der Waals surface area contributed by atoms with Gasteiger partial charge >= 0.3 is 5.97 Å². The van der Waals surface area contributed by atoms with Gasteiger partial charge in [-0.25, -0.2) is 8.42 Å². The Morgan fingerprint density at radius 2 is 1.81 bits per heavy atom. The van der Waals surface area contributed by atoms with Gasteiger partial charge in [-0.05, 0) is 42.5 Å². The Morgan fingerprint density at radius 3 is 2.38 bits per heavy atom. The molecule has 2 rings (SSSR count). The number of carbonyl (C=O) groups excluding carboxylic acids is 1. The van der Waals surface area contributed by atoms with Crippen LogP contribution in [-0.2, 0) is 19.6 Å². The molecule has 0 aliphatic heterocycles. The highest BCUT2D eigenvalue weighted by Crippen LogP contribution is 2.28. The molecular formula is C17H18ClNO6S. The van der Waals surface area contributed by atoms with Crippen LogP contribution in [0.5, 0.6) is 11.5 Å². The van der Waals surface area contributed by atoms with Crippen molar-refractivity contribution >= 4 is 33.3 Å². The molecule has 0 atom stereocenters. The normalized spacial score (nSPS) is 10.9. The molecule has 0 fully saturated rings. The molecule has 0 heterocycles. The second kappa shape index (κ2) is 8.77. The first-order valence-corrected chi connectivity index (χ1v) is 9.38. The lowest BCUT2D eigenvalue weighted by atomic mass is 10.3. The van der Waals surface area contributed by atoms with E-state index in [0.29, 0.717) is 22.2 Å². The van der Waals surface area contributed by atoms with Gasteiger partial charge in [0.1, 0.15) is 11.5 Å². The highest BCUT2D eigenvalue weighted by Gasteiger charge is 2.15. The maximum absolute atomic E-state index is 12.4. The number of hydrogen-bond acceptors (Lipinski definition) is 6. The van der Waals surface area contributed by atoms with Gasteiger partial charge in [-0.1, -0.05) is 11.6 Å². The number of carbonyl (C=O) groups is 1. The minimum atomic E-state index is -3.78. The number of benzene rings is 2. The standard InChI is InChI=1S/C17H18ClNO6S/c1-23-16-8-3-12(11-15(16)18)19-26(21,22)14-6-4-13(5-7-14)25-10-9-17(20)24-2/h3-8,11,19H,9-10H2,1-2H3. The number of methoxy groups -OCH3 is 2. The monoisotopic (exact) mass is 399 g/mol. The lowest BCUT2D eigenvalue weighted by Gasteiger charge is -2.11. The van der Waals surface area contributed by atoms with Crippen molar-refractivity contribution in [2.24, 2.45) is 0 Å². The summed E-state index contributed by atoms with van der Waals surface area (Å²) in [5, 5.41) is 0.294. The fourth-order valence-electron chi connectivity index (χ4n) is 2.01. The fourth-order valence-corrected chi connectivity index (χ4v) is 3.32. The van der Waals surface area contributed by atoms with Crippen LogP contribution < -0.4 is 14.2 Å². The summed E-state index contributed by atoms with van der Waals surface area (Å²) in [7, 11) is -1.01. The minimum Gasteiger partial charge on any atom is -0.495 e. The Morgan fingerprint density at radius 1 is 1.12 bits per heavy atom. The first-order chi connectivity index (χ1) is 12.4. The third-order valence-electron chi connectivity index (χ3n) is 3.34. The number of hydrogen-bond donors (Lipinski definition) is 1. The van der Waals surface area contributed by atoms with Crippen LogP contribution in [0.15, 0.2) is 47.4 Å². The third-order valence-corrected chi connectivity index (χ3v) is 5.03. The van der Waals surface area contributed by atoms with E-state index in [9.17, 15) is 13.2 Å². The van der Waals surface area contributed by atoms with Gasteiger partial charge in [-0.15, -0.1) is 0 Å². The average Bonchev–Trinajstić information content (AvgIpc) is 2.62. The van der Waals surface area contributed by atoms with Crippen LogP contribution >= 0.6 is 11.6 Å². The quantitative estimate of drug-likeness (QED) is 0.686. The maximum Gasteiger partial charge on any atom is 0.308 e. The molecule has 0 unspecified atom stereocenters. The van der Waals surface area contributed by atoms with Crippen LogP contribution in [0.4, 0.5) is 5.69 Å². The van der Waals surface area contributed by atoms with E-state index >= 15 is 0 Å². The van der Waals surface area contributed by atoms with E-state index in [1.54, 1.807) is 12.1 Å². The summed E-state index contributed by atoms with van der Waals surface area (Å²) in [5.74, 6) is 0.509. The zero-order valence-electron chi connectivity index (χ0n) is 14.2. The average molecular weight is 400 g/mol. The van der Waals surface area contributed by atoms with Gasteiger partial charge in [0.15, 0.2) is 0 Å². The molecule has 0 amide bonds. The summed E-state index contributed by atoms with van der Waals surface area (Å²) in [4.78, 5) is 11.1. The lowest BCUT2D eigenvalue weighted by molar-refractivity contribution is -0.141. The van der Waals surface area contributed by atoms with Crippen LogP contribution in [0.2, 0.25) is 5.02 Å². The van der Waals surface area contributed by atoms with Crippen molar-refractivity contribution < 1.29 is 27.4 Å².